The number of nitrogens with one attached hydrogen (secondary N) is 1. The van der Waals surface area contributed by atoms with Gasteiger partial charge in [-0.3, -0.25) is 4.68 Å². The summed E-state index contributed by atoms with van der Waals surface area (Å²) in [6.45, 7) is 8.64. The zero-order chi connectivity index (χ0) is 14.5. The molecule has 0 aliphatic carbocycles. The van der Waals surface area contributed by atoms with Crippen LogP contribution in [-0.4, -0.2) is 19.6 Å². The summed E-state index contributed by atoms with van der Waals surface area (Å²) in [5, 5.41) is 11.7. The molecule has 2 aromatic rings. The van der Waals surface area contributed by atoms with Crippen molar-refractivity contribution in [3.63, 3.8) is 0 Å². The maximum absolute atomic E-state index is 13.8. The molecule has 2 aromatic heterocycles. The van der Waals surface area contributed by atoms with Crippen LogP contribution in [-0.2, 0) is 26.2 Å². The molecule has 0 saturated carbocycles. The van der Waals surface area contributed by atoms with Gasteiger partial charge in [0.05, 0.1) is 11.9 Å². The van der Waals surface area contributed by atoms with Gasteiger partial charge in [0.2, 0.25) is 5.95 Å². The predicted molar refractivity (Wildman–Crippen MR) is 75.7 cm³/mol. The maximum atomic E-state index is 13.8. The summed E-state index contributed by atoms with van der Waals surface area (Å²) in [5.41, 5.74) is 2.78. The van der Waals surface area contributed by atoms with Crippen LogP contribution in [0.2, 0.25) is 0 Å². The molecule has 0 amide bonds. The Morgan fingerprint density at radius 3 is 2.65 bits per heavy atom. The number of hydrogen-bond donors (Lipinski definition) is 1. The summed E-state index contributed by atoms with van der Waals surface area (Å²) >= 11 is 0. The minimum absolute atomic E-state index is 0.251. The van der Waals surface area contributed by atoms with Gasteiger partial charge < -0.3 is 5.32 Å². The maximum Gasteiger partial charge on any atom is 0.215 e. The van der Waals surface area contributed by atoms with Gasteiger partial charge in [0.25, 0.3) is 0 Å². The summed E-state index contributed by atoms with van der Waals surface area (Å²) in [6, 6.07) is 0. The fourth-order valence-electron chi connectivity index (χ4n) is 2.16. The highest BCUT2D eigenvalue weighted by atomic mass is 19.1. The molecule has 5 nitrogen and oxygen atoms in total. The lowest BCUT2D eigenvalue weighted by molar-refractivity contribution is 0.460. The molecule has 0 atom stereocenters. The van der Waals surface area contributed by atoms with Crippen molar-refractivity contribution in [2.24, 2.45) is 0 Å². The molecule has 110 valence electrons. The Hall–Kier alpha value is -1.69. The van der Waals surface area contributed by atoms with Crippen molar-refractivity contribution >= 4 is 0 Å². The molecule has 20 heavy (non-hydrogen) atoms. The summed E-state index contributed by atoms with van der Waals surface area (Å²) in [6.07, 6.45) is 4.70. The average molecular weight is 279 g/mol. The number of aryl methyl sites for hydroxylation is 3. The van der Waals surface area contributed by atoms with E-state index in [-0.39, 0.29) is 5.95 Å². The smallest absolute Gasteiger partial charge is 0.215 e. The second-order valence-corrected chi connectivity index (χ2v) is 4.88. The first-order chi connectivity index (χ1) is 9.65. The lowest BCUT2D eigenvalue weighted by atomic mass is 10.2. The lowest BCUT2D eigenvalue weighted by Crippen LogP contribution is -2.14. The zero-order valence-electron chi connectivity index (χ0n) is 12.4. The van der Waals surface area contributed by atoms with Gasteiger partial charge in [0, 0.05) is 43.5 Å². The quantitative estimate of drug-likeness (QED) is 0.845. The van der Waals surface area contributed by atoms with Crippen LogP contribution in [0.3, 0.4) is 0 Å². The Balaban J connectivity index is 1.90. The van der Waals surface area contributed by atoms with Gasteiger partial charge in [-0.05, 0) is 20.3 Å². The third kappa shape index (κ3) is 3.25. The van der Waals surface area contributed by atoms with Crippen molar-refractivity contribution in [2.75, 3.05) is 0 Å². The Labute approximate surface area is 118 Å². The molecule has 0 spiro atoms. The molecular formula is C14H22FN5. The molecule has 0 unspecified atom stereocenters. The van der Waals surface area contributed by atoms with Crippen molar-refractivity contribution < 1.29 is 4.39 Å². The van der Waals surface area contributed by atoms with E-state index < -0.39 is 0 Å². The Kier molecular flexibility index (Phi) is 4.89. The largest absolute Gasteiger partial charge is 0.308 e. The Morgan fingerprint density at radius 1 is 1.25 bits per heavy atom. The van der Waals surface area contributed by atoms with Crippen LogP contribution in [0.15, 0.2) is 12.4 Å². The van der Waals surface area contributed by atoms with Crippen LogP contribution in [0.5, 0.6) is 0 Å². The first-order valence-electron chi connectivity index (χ1n) is 7.09. The van der Waals surface area contributed by atoms with Crippen LogP contribution in [0.1, 0.15) is 37.1 Å². The second-order valence-electron chi connectivity index (χ2n) is 4.88. The third-order valence-electron chi connectivity index (χ3n) is 3.28. The van der Waals surface area contributed by atoms with Gasteiger partial charge in [-0.1, -0.05) is 6.92 Å². The minimum Gasteiger partial charge on any atom is -0.308 e. The van der Waals surface area contributed by atoms with Crippen molar-refractivity contribution in [2.45, 2.75) is 53.4 Å². The molecule has 0 aromatic carbocycles. The number of aromatic nitrogens is 4. The van der Waals surface area contributed by atoms with Crippen LogP contribution < -0.4 is 5.32 Å². The van der Waals surface area contributed by atoms with Crippen molar-refractivity contribution in [1.29, 1.82) is 0 Å². The summed E-state index contributed by atoms with van der Waals surface area (Å²) in [7, 11) is 0. The molecule has 0 bridgehead atoms. The van der Waals surface area contributed by atoms with Gasteiger partial charge in [-0.15, -0.1) is 0 Å². The van der Waals surface area contributed by atoms with Crippen molar-refractivity contribution in [3.05, 3.63) is 35.2 Å². The second kappa shape index (κ2) is 6.65. The van der Waals surface area contributed by atoms with E-state index in [4.69, 9.17) is 0 Å². The van der Waals surface area contributed by atoms with E-state index >= 15 is 0 Å². The van der Waals surface area contributed by atoms with Crippen LogP contribution in [0.4, 0.5) is 4.39 Å². The average Bonchev–Trinajstić information content (AvgIpc) is 2.95. The Morgan fingerprint density at radius 2 is 2.00 bits per heavy atom. The highest BCUT2D eigenvalue weighted by molar-refractivity contribution is 5.15. The molecule has 0 aliphatic rings. The number of rotatable bonds is 7. The van der Waals surface area contributed by atoms with Crippen molar-refractivity contribution in [1.82, 2.24) is 24.9 Å². The molecule has 0 radical (unpaired) electrons. The molecule has 2 heterocycles. The molecule has 1 N–H and O–H groups in total. The highest BCUT2D eigenvalue weighted by Gasteiger charge is 2.09. The van der Waals surface area contributed by atoms with Crippen LogP contribution in [0.25, 0.3) is 0 Å². The minimum atomic E-state index is -0.251. The molecule has 0 saturated heterocycles. The van der Waals surface area contributed by atoms with Gasteiger partial charge in [-0.2, -0.15) is 14.6 Å². The van der Waals surface area contributed by atoms with E-state index in [2.05, 4.69) is 28.6 Å². The van der Waals surface area contributed by atoms with Gasteiger partial charge in [-0.25, -0.2) is 4.68 Å². The fourth-order valence-corrected chi connectivity index (χ4v) is 2.16. The van der Waals surface area contributed by atoms with E-state index in [0.717, 1.165) is 24.2 Å². The molecular weight excluding hydrogens is 257 g/mol. The first-order valence-corrected chi connectivity index (χ1v) is 7.09. The van der Waals surface area contributed by atoms with Gasteiger partial charge >= 0.3 is 0 Å². The van der Waals surface area contributed by atoms with E-state index in [1.807, 2.05) is 18.5 Å². The number of hydrogen-bond acceptors (Lipinski definition) is 3. The van der Waals surface area contributed by atoms with E-state index in [0.29, 0.717) is 25.2 Å². The lowest BCUT2D eigenvalue weighted by Gasteiger charge is -2.02. The zero-order valence-corrected chi connectivity index (χ0v) is 12.4. The summed E-state index contributed by atoms with van der Waals surface area (Å²) < 4.78 is 17.1. The third-order valence-corrected chi connectivity index (χ3v) is 3.28. The van der Waals surface area contributed by atoms with Gasteiger partial charge in [0.1, 0.15) is 0 Å². The molecule has 0 fully saturated rings. The van der Waals surface area contributed by atoms with E-state index in [1.54, 1.807) is 6.20 Å². The number of nitrogens with zero attached hydrogens (tertiary/aromatic N) is 4. The van der Waals surface area contributed by atoms with Crippen LogP contribution >= 0.6 is 0 Å². The Bertz CT molecular complexity index is 558. The van der Waals surface area contributed by atoms with Crippen LogP contribution in [0, 0.1) is 12.9 Å². The standard InChI is InChI=1S/C14H22FN5/c1-4-6-19-10-13(11(3)18-19)8-16-7-12-9-17-20(5-2)14(12)15/h9-10,16H,4-8H2,1-3H3. The normalized spacial score (nSPS) is 11.2. The monoisotopic (exact) mass is 279 g/mol. The SMILES string of the molecule is CCCn1cc(CNCc2cnn(CC)c2F)c(C)n1. The molecule has 0 aliphatic heterocycles. The fraction of sp³-hybridized carbons (Fsp3) is 0.571. The summed E-state index contributed by atoms with van der Waals surface area (Å²) in [4.78, 5) is 0. The highest BCUT2D eigenvalue weighted by Crippen LogP contribution is 2.08. The van der Waals surface area contributed by atoms with Gasteiger partial charge in [0.15, 0.2) is 0 Å². The predicted octanol–water partition coefficient (Wildman–Crippen LogP) is 2.25. The topological polar surface area (TPSA) is 47.7 Å². The first kappa shape index (κ1) is 14.7. The molecule has 6 heteroatoms. The van der Waals surface area contributed by atoms with E-state index in [1.165, 1.54) is 4.68 Å². The number of halogens is 1. The van der Waals surface area contributed by atoms with Crippen molar-refractivity contribution in [3.8, 4) is 0 Å². The summed E-state index contributed by atoms with van der Waals surface area (Å²) in [5.74, 6) is -0.251. The molecule has 2 rings (SSSR count). The van der Waals surface area contributed by atoms with E-state index in [9.17, 15) is 4.39 Å².